The highest BCUT2D eigenvalue weighted by molar-refractivity contribution is 7.89. The molecule has 0 unspecified atom stereocenters. The number of carbonyl (C=O) groups is 2. The van der Waals surface area contributed by atoms with Crippen LogP contribution in [0.2, 0.25) is 0 Å². The first-order chi connectivity index (χ1) is 13.2. The number of nitrogens with one attached hydrogen (secondary N) is 1. The van der Waals surface area contributed by atoms with E-state index < -0.39 is 15.9 Å². The summed E-state index contributed by atoms with van der Waals surface area (Å²) in [5, 5.41) is 7.61. The van der Waals surface area contributed by atoms with Gasteiger partial charge in [0.15, 0.2) is 6.61 Å². The maximum atomic E-state index is 12.2. The van der Waals surface area contributed by atoms with Gasteiger partial charge in [-0.2, -0.15) is 0 Å². The summed E-state index contributed by atoms with van der Waals surface area (Å²) in [6.07, 6.45) is 0. The van der Waals surface area contributed by atoms with Crippen LogP contribution in [-0.2, 0) is 14.8 Å². The van der Waals surface area contributed by atoms with Crippen LogP contribution < -0.4 is 15.2 Å². The molecule has 0 aromatic heterocycles. The molecule has 2 aromatic rings. The first kappa shape index (κ1) is 21.4. The molecule has 0 bridgehead atoms. The predicted octanol–water partition coefficient (Wildman–Crippen LogP) is 1.83. The van der Waals surface area contributed by atoms with Crippen molar-refractivity contribution in [2.75, 3.05) is 25.0 Å². The van der Waals surface area contributed by atoms with E-state index in [1.807, 2.05) is 13.8 Å². The van der Waals surface area contributed by atoms with Gasteiger partial charge in [-0.25, -0.2) is 13.6 Å². The molecule has 0 heterocycles. The van der Waals surface area contributed by atoms with Crippen LogP contribution in [0.15, 0.2) is 53.4 Å². The molecule has 3 N–H and O–H groups in total. The predicted molar refractivity (Wildman–Crippen MR) is 106 cm³/mol. The summed E-state index contributed by atoms with van der Waals surface area (Å²) in [7, 11) is -3.78. The maximum Gasteiger partial charge on any atom is 0.262 e. The zero-order valence-electron chi connectivity index (χ0n) is 15.7. The molecular weight excluding hydrogens is 382 g/mol. The molecule has 0 radical (unpaired) electrons. The molecule has 8 nitrogen and oxygen atoms in total. The number of anilines is 1. The minimum atomic E-state index is -3.78. The Morgan fingerprint density at radius 1 is 1.00 bits per heavy atom. The molecule has 0 saturated heterocycles. The first-order valence-corrected chi connectivity index (χ1v) is 10.2. The molecule has 0 fully saturated rings. The van der Waals surface area contributed by atoms with E-state index in [1.165, 1.54) is 24.3 Å². The number of amides is 2. The minimum Gasteiger partial charge on any atom is -0.484 e. The van der Waals surface area contributed by atoms with Gasteiger partial charge in [0.05, 0.1) is 4.90 Å². The number of hydrogen-bond acceptors (Lipinski definition) is 5. The summed E-state index contributed by atoms with van der Waals surface area (Å²) in [6.45, 7) is 4.86. The number of hydrogen-bond donors (Lipinski definition) is 2. The van der Waals surface area contributed by atoms with Crippen LogP contribution in [0, 0.1) is 0 Å². The smallest absolute Gasteiger partial charge is 0.262 e. The lowest BCUT2D eigenvalue weighted by Gasteiger charge is -2.18. The van der Waals surface area contributed by atoms with Crippen molar-refractivity contribution in [3.05, 3.63) is 54.1 Å². The van der Waals surface area contributed by atoms with Crippen molar-refractivity contribution < 1.29 is 22.7 Å². The van der Waals surface area contributed by atoms with Crippen molar-refractivity contribution in [3.8, 4) is 5.75 Å². The lowest BCUT2D eigenvalue weighted by Crippen LogP contribution is -2.30. The number of rotatable bonds is 8. The largest absolute Gasteiger partial charge is 0.484 e. The van der Waals surface area contributed by atoms with E-state index in [0.717, 1.165) is 0 Å². The second-order valence-electron chi connectivity index (χ2n) is 5.91. The zero-order chi connectivity index (χ0) is 20.7. The Morgan fingerprint density at radius 3 is 2.07 bits per heavy atom. The molecule has 0 aliphatic carbocycles. The SMILES string of the molecule is CCN(CC)C(=O)c1ccc(OCC(=O)Nc2ccc(S(N)(=O)=O)cc2)cc1. The van der Waals surface area contributed by atoms with E-state index >= 15 is 0 Å². The van der Waals surface area contributed by atoms with Crippen LogP contribution in [0.3, 0.4) is 0 Å². The van der Waals surface area contributed by atoms with Gasteiger partial charge >= 0.3 is 0 Å². The highest BCUT2D eigenvalue weighted by Crippen LogP contribution is 2.15. The van der Waals surface area contributed by atoms with Gasteiger partial charge in [0, 0.05) is 24.3 Å². The number of carbonyl (C=O) groups excluding carboxylic acids is 2. The Bertz CT molecular complexity index is 921. The Labute approximate surface area is 164 Å². The lowest BCUT2D eigenvalue weighted by atomic mass is 10.2. The summed E-state index contributed by atoms with van der Waals surface area (Å²) in [6, 6.07) is 12.0. The van der Waals surface area contributed by atoms with Gasteiger partial charge in [-0.3, -0.25) is 9.59 Å². The molecule has 2 rings (SSSR count). The van der Waals surface area contributed by atoms with Gasteiger partial charge in [-0.1, -0.05) is 0 Å². The van der Waals surface area contributed by atoms with Crippen LogP contribution in [0.4, 0.5) is 5.69 Å². The van der Waals surface area contributed by atoms with E-state index in [-0.39, 0.29) is 17.4 Å². The minimum absolute atomic E-state index is 0.0407. The van der Waals surface area contributed by atoms with Crippen molar-refractivity contribution in [1.29, 1.82) is 0 Å². The van der Waals surface area contributed by atoms with Gasteiger partial charge in [-0.15, -0.1) is 0 Å². The number of nitrogens with zero attached hydrogens (tertiary/aromatic N) is 1. The van der Waals surface area contributed by atoms with Crippen molar-refractivity contribution in [3.63, 3.8) is 0 Å². The summed E-state index contributed by atoms with van der Waals surface area (Å²) in [5.41, 5.74) is 0.969. The van der Waals surface area contributed by atoms with E-state index in [4.69, 9.17) is 9.88 Å². The van der Waals surface area contributed by atoms with Crippen LogP contribution in [-0.4, -0.2) is 44.8 Å². The quantitative estimate of drug-likeness (QED) is 0.694. The molecule has 28 heavy (non-hydrogen) atoms. The Balaban J connectivity index is 1.90. The Morgan fingerprint density at radius 2 is 1.57 bits per heavy atom. The standard InChI is InChI=1S/C19H23N3O5S/c1-3-22(4-2)19(24)14-5-9-16(10-6-14)27-13-18(23)21-15-7-11-17(12-8-15)28(20,25)26/h5-12H,3-4,13H2,1-2H3,(H,21,23)(H2,20,25,26). The van der Waals surface area contributed by atoms with E-state index in [9.17, 15) is 18.0 Å². The maximum absolute atomic E-state index is 12.2. The van der Waals surface area contributed by atoms with Crippen molar-refractivity contribution in [2.45, 2.75) is 18.7 Å². The lowest BCUT2D eigenvalue weighted by molar-refractivity contribution is -0.118. The molecule has 0 aliphatic rings. The Hall–Kier alpha value is -2.91. The van der Waals surface area contributed by atoms with Gasteiger partial charge in [0.1, 0.15) is 5.75 Å². The fourth-order valence-electron chi connectivity index (χ4n) is 2.46. The zero-order valence-corrected chi connectivity index (χ0v) is 16.5. The normalized spacial score (nSPS) is 11.0. The third-order valence-corrected chi connectivity index (χ3v) is 4.92. The summed E-state index contributed by atoms with van der Waals surface area (Å²) < 4.78 is 27.8. The number of sulfonamides is 1. The van der Waals surface area contributed by atoms with Gasteiger partial charge in [-0.05, 0) is 62.4 Å². The van der Waals surface area contributed by atoms with Gasteiger partial charge < -0.3 is 15.0 Å². The van der Waals surface area contributed by atoms with Gasteiger partial charge in [0.2, 0.25) is 10.0 Å². The number of primary sulfonamides is 1. The molecule has 0 atom stereocenters. The second-order valence-corrected chi connectivity index (χ2v) is 7.47. The topological polar surface area (TPSA) is 119 Å². The average Bonchev–Trinajstić information content (AvgIpc) is 2.67. The molecule has 0 aliphatic heterocycles. The third-order valence-electron chi connectivity index (χ3n) is 3.99. The average molecular weight is 405 g/mol. The van der Waals surface area contributed by atoms with E-state index in [2.05, 4.69) is 5.32 Å². The molecule has 0 spiro atoms. The highest BCUT2D eigenvalue weighted by atomic mass is 32.2. The summed E-state index contributed by atoms with van der Waals surface area (Å²) >= 11 is 0. The van der Waals surface area contributed by atoms with E-state index in [0.29, 0.717) is 30.1 Å². The number of benzene rings is 2. The fraction of sp³-hybridized carbons (Fsp3) is 0.263. The van der Waals surface area contributed by atoms with Crippen LogP contribution in [0.1, 0.15) is 24.2 Å². The molecule has 2 amide bonds. The van der Waals surface area contributed by atoms with Crippen molar-refractivity contribution >= 4 is 27.5 Å². The summed E-state index contributed by atoms with van der Waals surface area (Å²) in [4.78, 5) is 25.9. The highest BCUT2D eigenvalue weighted by Gasteiger charge is 2.12. The van der Waals surface area contributed by atoms with Crippen molar-refractivity contribution in [2.24, 2.45) is 5.14 Å². The fourth-order valence-corrected chi connectivity index (χ4v) is 2.98. The third kappa shape index (κ3) is 5.80. The van der Waals surface area contributed by atoms with Crippen molar-refractivity contribution in [1.82, 2.24) is 4.90 Å². The molecule has 0 saturated carbocycles. The monoisotopic (exact) mass is 405 g/mol. The van der Waals surface area contributed by atoms with Crippen LogP contribution >= 0.6 is 0 Å². The number of ether oxygens (including phenoxy) is 1. The summed E-state index contributed by atoms with van der Waals surface area (Å²) in [5.74, 6) is -0.0142. The second kappa shape index (κ2) is 9.34. The Kier molecular flexibility index (Phi) is 7.13. The van der Waals surface area contributed by atoms with E-state index in [1.54, 1.807) is 29.2 Å². The molecule has 9 heteroatoms. The number of nitrogens with two attached hydrogens (primary N) is 1. The molecule has 2 aromatic carbocycles. The molecular formula is C19H23N3O5S. The molecule has 150 valence electrons. The van der Waals surface area contributed by atoms with Crippen LogP contribution in [0.25, 0.3) is 0 Å². The first-order valence-electron chi connectivity index (χ1n) is 8.69. The van der Waals surface area contributed by atoms with Gasteiger partial charge in [0.25, 0.3) is 11.8 Å². The van der Waals surface area contributed by atoms with Crippen LogP contribution in [0.5, 0.6) is 5.75 Å².